The maximum absolute atomic E-state index is 8.85. The lowest BCUT2D eigenvalue weighted by Crippen LogP contribution is -2.00. The molecule has 5 heteroatoms. The van der Waals surface area contributed by atoms with Gasteiger partial charge in [-0.2, -0.15) is 0 Å². The van der Waals surface area contributed by atoms with Crippen LogP contribution in [0.3, 0.4) is 0 Å². The summed E-state index contributed by atoms with van der Waals surface area (Å²) in [6.45, 7) is 0. The lowest BCUT2D eigenvalue weighted by atomic mass is 9.94. The van der Waals surface area contributed by atoms with Crippen LogP contribution in [0.15, 0.2) is 173 Å². The first-order valence-electron chi connectivity index (χ1n) is 18.7. The second-order valence-electron chi connectivity index (χ2n) is 12.0. The van der Waals surface area contributed by atoms with Gasteiger partial charge in [-0.15, -0.1) is 0 Å². The molecule has 0 saturated carbocycles. The molecule has 0 aliphatic heterocycles. The van der Waals surface area contributed by atoms with Crippen LogP contribution in [0.2, 0.25) is 0 Å². The predicted octanol–water partition coefficient (Wildman–Crippen LogP) is 12.0. The number of aromatic nitrogens is 3. The molecule has 0 saturated heterocycles. The molecule has 0 atom stereocenters. The molecule has 0 bridgehead atoms. The van der Waals surface area contributed by atoms with Gasteiger partial charge in [0.05, 0.1) is 12.4 Å². The van der Waals surface area contributed by atoms with Crippen molar-refractivity contribution in [1.82, 2.24) is 15.0 Å². The maximum Gasteiger partial charge on any atom is 0.167 e. The zero-order valence-corrected chi connectivity index (χ0v) is 26.4. The molecule has 234 valence electrons. The molecule has 0 fully saturated rings. The zero-order chi connectivity index (χ0) is 37.4. The molecule has 0 aliphatic rings. The van der Waals surface area contributed by atoms with E-state index in [1.54, 1.807) is 0 Å². The predicted molar refractivity (Wildman–Crippen MR) is 202 cm³/mol. The van der Waals surface area contributed by atoms with Crippen LogP contribution in [-0.2, 0) is 0 Å². The van der Waals surface area contributed by atoms with Crippen LogP contribution >= 0.6 is 0 Å². The third-order valence-corrected chi connectivity index (χ3v) is 9.02. The van der Waals surface area contributed by atoms with E-state index < -0.39 is 18.1 Å². The van der Waals surface area contributed by atoms with E-state index in [4.69, 9.17) is 30.6 Å². The Labute approximate surface area is 294 Å². The quantitative estimate of drug-likeness (QED) is 0.186. The molecule has 3 aromatic heterocycles. The van der Waals surface area contributed by atoms with Crippen LogP contribution in [0, 0.1) is 0 Å². The van der Waals surface area contributed by atoms with Gasteiger partial charge in [0.15, 0.2) is 17.5 Å². The van der Waals surface area contributed by atoms with Gasteiger partial charge < -0.3 is 8.83 Å². The highest BCUT2D eigenvalue weighted by molar-refractivity contribution is 6.14. The Morgan fingerprint density at radius 3 is 1.82 bits per heavy atom. The number of benzene rings is 7. The first kappa shape index (κ1) is 23.5. The summed E-state index contributed by atoms with van der Waals surface area (Å²) in [5.74, 6) is 1.59. The lowest BCUT2D eigenvalue weighted by molar-refractivity contribution is 0.669. The molecule has 0 amide bonds. The number of furan rings is 2. The molecule has 7 aromatic carbocycles. The van der Waals surface area contributed by atoms with Crippen molar-refractivity contribution in [3.8, 4) is 56.4 Å². The van der Waals surface area contributed by atoms with Gasteiger partial charge in [0.25, 0.3) is 0 Å². The van der Waals surface area contributed by atoms with Gasteiger partial charge in [-0.25, -0.2) is 15.0 Å². The fraction of sp³-hybridized carbons (Fsp3) is 0. The van der Waals surface area contributed by atoms with Crippen molar-refractivity contribution >= 4 is 43.9 Å². The first-order valence-corrected chi connectivity index (χ1v) is 16.2. The molecule has 10 rings (SSSR count). The highest BCUT2D eigenvalue weighted by atomic mass is 16.3. The third-order valence-electron chi connectivity index (χ3n) is 9.02. The normalized spacial score (nSPS) is 13.0. The van der Waals surface area contributed by atoms with Crippen molar-refractivity contribution in [1.29, 1.82) is 0 Å². The Bertz CT molecular complexity index is 3070. The zero-order valence-electron chi connectivity index (χ0n) is 31.4. The minimum absolute atomic E-state index is 0.117. The van der Waals surface area contributed by atoms with E-state index in [2.05, 4.69) is 0 Å². The van der Waals surface area contributed by atoms with Crippen molar-refractivity contribution in [2.45, 2.75) is 0 Å². The summed E-state index contributed by atoms with van der Waals surface area (Å²) in [7, 11) is 0. The molecule has 0 N–H and O–H groups in total. The molecular formula is C45H27N3O2. The smallest absolute Gasteiger partial charge is 0.167 e. The average Bonchev–Trinajstić information content (AvgIpc) is 3.81. The fourth-order valence-corrected chi connectivity index (χ4v) is 6.69. The van der Waals surface area contributed by atoms with Gasteiger partial charge in [-0.05, 0) is 58.7 Å². The molecule has 3 heterocycles. The number of hydrogen-bond donors (Lipinski definition) is 0. The van der Waals surface area contributed by atoms with Crippen LogP contribution in [-0.4, -0.2) is 15.0 Å². The SMILES string of the molecule is [2H]c1c([2H])c([2H])c(-c2cc(-c3ccc4oc5c(-c6nc(-c7ccccc7)nc(-c7ccccc7)n6)cccc5c4c3)cc3oc4ccccc4c23)c([2H])c1[2H]. The standard InChI is InChI=1S/C45H27N3O2/c1-4-13-28(14-5-1)36-26-32(27-40-41(36)34-19-10-11-22-38(34)49-40)31-23-24-39-37(25-31)33-20-12-21-35(42(33)50-39)45-47-43(29-15-6-2-7-16-29)46-44(48-45)30-17-8-3-9-18-30/h1-27H/i1D,4D,5D,13D,14D. The minimum Gasteiger partial charge on any atom is -0.456 e. The van der Waals surface area contributed by atoms with Gasteiger partial charge in [-0.3, -0.25) is 0 Å². The van der Waals surface area contributed by atoms with Gasteiger partial charge >= 0.3 is 0 Å². The number of hydrogen-bond acceptors (Lipinski definition) is 5. The van der Waals surface area contributed by atoms with Crippen molar-refractivity contribution < 1.29 is 15.7 Å². The monoisotopic (exact) mass is 646 g/mol. The Hall–Kier alpha value is -6.85. The van der Waals surface area contributed by atoms with Crippen LogP contribution in [0.4, 0.5) is 0 Å². The second-order valence-corrected chi connectivity index (χ2v) is 12.0. The van der Waals surface area contributed by atoms with Crippen molar-refractivity contribution in [3.05, 3.63) is 164 Å². The van der Waals surface area contributed by atoms with E-state index in [9.17, 15) is 0 Å². The molecular weight excluding hydrogens is 615 g/mol. The highest BCUT2D eigenvalue weighted by Gasteiger charge is 2.19. The summed E-state index contributed by atoms with van der Waals surface area (Å²) in [5, 5.41) is 3.20. The van der Waals surface area contributed by atoms with Gasteiger partial charge in [0, 0.05) is 32.7 Å². The van der Waals surface area contributed by atoms with E-state index >= 15 is 0 Å². The van der Waals surface area contributed by atoms with Crippen LogP contribution in [0.1, 0.15) is 6.85 Å². The second kappa shape index (κ2) is 11.4. The third kappa shape index (κ3) is 4.67. The minimum atomic E-state index is -0.440. The summed E-state index contributed by atoms with van der Waals surface area (Å²) in [6, 6.07) is 41.1. The Morgan fingerprint density at radius 2 is 1.06 bits per heavy atom. The van der Waals surface area contributed by atoms with E-state index in [-0.39, 0.29) is 17.6 Å². The number of rotatable bonds is 5. The van der Waals surface area contributed by atoms with E-state index in [0.717, 1.165) is 44.0 Å². The molecule has 0 aliphatic carbocycles. The summed E-state index contributed by atoms with van der Waals surface area (Å²) >= 11 is 0. The molecule has 0 unspecified atom stereocenters. The fourth-order valence-electron chi connectivity index (χ4n) is 6.69. The number of fused-ring (bicyclic) bond motifs is 6. The summed E-state index contributed by atoms with van der Waals surface area (Å²) < 4.78 is 55.6. The molecule has 0 spiro atoms. The van der Waals surface area contributed by atoms with E-state index in [0.29, 0.717) is 50.8 Å². The molecule has 10 aromatic rings. The maximum atomic E-state index is 8.85. The van der Waals surface area contributed by atoms with Crippen molar-refractivity contribution in [3.63, 3.8) is 0 Å². The summed E-state index contributed by atoms with van der Waals surface area (Å²) in [4.78, 5) is 14.7. The van der Waals surface area contributed by atoms with E-state index in [1.807, 2.05) is 133 Å². The van der Waals surface area contributed by atoms with Crippen LogP contribution in [0.5, 0.6) is 0 Å². The first-order chi connectivity index (χ1) is 26.8. The summed E-state index contributed by atoms with van der Waals surface area (Å²) in [5.41, 5.74) is 7.12. The highest BCUT2D eigenvalue weighted by Crippen LogP contribution is 2.42. The van der Waals surface area contributed by atoms with Crippen molar-refractivity contribution in [2.24, 2.45) is 0 Å². The largest absolute Gasteiger partial charge is 0.456 e. The topological polar surface area (TPSA) is 65.0 Å². The summed E-state index contributed by atoms with van der Waals surface area (Å²) in [6.07, 6.45) is 0. The average molecular weight is 647 g/mol. The Morgan fingerprint density at radius 1 is 0.400 bits per heavy atom. The van der Waals surface area contributed by atoms with Crippen LogP contribution in [0.25, 0.3) is 100 Å². The number of para-hydroxylation sites is 2. The molecule has 50 heavy (non-hydrogen) atoms. The van der Waals surface area contributed by atoms with Gasteiger partial charge in [0.2, 0.25) is 0 Å². The van der Waals surface area contributed by atoms with E-state index in [1.165, 1.54) is 0 Å². The Kier molecular flexibility index (Phi) is 5.35. The Balaban J connectivity index is 1.17. The van der Waals surface area contributed by atoms with Gasteiger partial charge in [-0.1, -0.05) is 127 Å². The van der Waals surface area contributed by atoms with Crippen LogP contribution < -0.4 is 0 Å². The number of nitrogens with zero attached hydrogens (tertiary/aromatic N) is 3. The lowest BCUT2D eigenvalue weighted by Gasteiger charge is -2.09. The van der Waals surface area contributed by atoms with Gasteiger partial charge in [0.1, 0.15) is 22.3 Å². The molecule has 0 radical (unpaired) electrons. The molecule has 5 nitrogen and oxygen atoms in total. The van der Waals surface area contributed by atoms with Crippen molar-refractivity contribution in [2.75, 3.05) is 0 Å².